The van der Waals surface area contributed by atoms with E-state index in [1.54, 1.807) is 30.3 Å². The van der Waals surface area contributed by atoms with E-state index in [1.165, 1.54) is 25.3 Å². The number of rotatable bonds is 9. The summed E-state index contributed by atoms with van der Waals surface area (Å²) in [7, 11) is 0. The summed E-state index contributed by atoms with van der Waals surface area (Å²) >= 11 is 6.66. The third-order valence-corrected chi connectivity index (χ3v) is 6.84. The second-order valence-corrected chi connectivity index (χ2v) is 10.3. The quantitative estimate of drug-likeness (QED) is 0.194. The molecule has 2 aromatic carbocycles. The van der Waals surface area contributed by atoms with Crippen molar-refractivity contribution in [2.75, 3.05) is 5.32 Å². The van der Waals surface area contributed by atoms with Gasteiger partial charge in [-0.15, -0.1) is 11.3 Å². The van der Waals surface area contributed by atoms with Crippen molar-refractivity contribution in [2.24, 2.45) is 0 Å². The standard InChI is InChI=1S/C26H18ClF8N3OS/c1-14-21(25(31,32)33)37-23(40-14)38-24(12-15-5-3-2-4-6-15,20-8-7-17(27)13-36-20)16-9-18(28)11-19(10-16)39-26(34,35)22(29)30/h2-11,13,22H,12H2,1H3,(H,37,38). The van der Waals surface area contributed by atoms with Crippen molar-refractivity contribution >= 4 is 28.1 Å². The van der Waals surface area contributed by atoms with Crippen molar-refractivity contribution in [3.63, 3.8) is 0 Å². The summed E-state index contributed by atoms with van der Waals surface area (Å²) in [5.41, 5.74) is -2.45. The van der Waals surface area contributed by atoms with Crippen LogP contribution in [0.3, 0.4) is 0 Å². The predicted molar refractivity (Wildman–Crippen MR) is 134 cm³/mol. The molecule has 0 aliphatic rings. The molecule has 0 amide bonds. The smallest absolute Gasteiger partial charge is 0.428 e. The number of hydrogen-bond acceptors (Lipinski definition) is 5. The maximum absolute atomic E-state index is 14.9. The molecule has 4 rings (SSSR count). The van der Waals surface area contributed by atoms with E-state index in [1.807, 2.05) is 0 Å². The highest BCUT2D eigenvalue weighted by Crippen LogP contribution is 2.42. The van der Waals surface area contributed by atoms with Crippen molar-refractivity contribution in [3.05, 3.63) is 105 Å². The first kappa shape index (κ1) is 29.5. The SMILES string of the molecule is Cc1sc(NC(Cc2ccccc2)(c2cc(F)cc(OC(F)(F)C(F)F)c2)c2ccc(Cl)cn2)nc1C(F)(F)F. The normalized spacial score (nSPS) is 13.8. The van der Waals surface area contributed by atoms with Crippen LogP contribution in [0.1, 0.15) is 27.4 Å². The molecule has 212 valence electrons. The number of ether oxygens (including phenoxy) is 1. The van der Waals surface area contributed by atoms with Crippen LogP contribution in [0.5, 0.6) is 5.75 Å². The number of nitrogens with zero attached hydrogens (tertiary/aromatic N) is 2. The van der Waals surface area contributed by atoms with Gasteiger partial charge in [0.2, 0.25) is 0 Å². The van der Waals surface area contributed by atoms with E-state index < -0.39 is 41.5 Å². The van der Waals surface area contributed by atoms with E-state index >= 15 is 0 Å². The van der Waals surface area contributed by atoms with Crippen LogP contribution in [0, 0.1) is 12.7 Å². The molecule has 0 aliphatic heterocycles. The highest BCUT2D eigenvalue weighted by atomic mass is 35.5. The van der Waals surface area contributed by atoms with Crippen LogP contribution in [0.4, 0.5) is 40.3 Å². The zero-order valence-electron chi connectivity index (χ0n) is 20.2. The van der Waals surface area contributed by atoms with Crippen LogP contribution in [0.15, 0.2) is 66.9 Å². The summed E-state index contributed by atoms with van der Waals surface area (Å²) in [6.07, 6.45) is -12.8. The molecule has 4 aromatic rings. The van der Waals surface area contributed by atoms with E-state index in [4.69, 9.17) is 11.6 Å². The molecular weight excluding hydrogens is 590 g/mol. The van der Waals surface area contributed by atoms with Gasteiger partial charge in [0.1, 0.15) is 17.1 Å². The van der Waals surface area contributed by atoms with Crippen molar-refractivity contribution in [1.82, 2.24) is 9.97 Å². The second-order valence-electron chi connectivity index (χ2n) is 8.62. The second kappa shape index (κ2) is 11.2. The molecule has 1 N–H and O–H groups in total. The fourth-order valence-electron chi connectivity index (χ4n) is 4.02. The largest absolute Gasteiger partial charge is 0.461 e. The average molecular weight is 608 g/mol. The van der Waals surface area contributed by atoms with Gasteiger partial charge in [0.05, 0.1) is 10.7 Å². The Hall–Kier alpha value is -3.45. The van der Waals surface area contributed by atoms with Crippen molar-refractivity contribution in [1.29, 1.82) is 0 Å². The molecule has 0 saturated heterocycles. The zero-order chi connectivity index (χ0) is 29.3. The van der Waals surface area contributed by atoms with Gasteiger partial charge in [-0.1, -0.05) is 41.9 Å². The summed E-state index contributed by atoms with van der Waals surface area (Å²) < 4.78 is 113. The minimum absolute atomic E-state index is 0.0827. The number of pyridine rings is 1. The number of thiazole rings is 1. The van der Waals surface area contributed by atoms with Crippen LogP contribution in [-0.2, 0) is 18.1 Å². The zero-order valence-corrected chi connectivity index (χ0v) is 21.8. The van der Waals surface area contributed by atoms with Crippen LogP contribution in [-0.4, -0.2) is 22.5 Å². The summed E-state index contributed by atoms with van der Waals surface area (Å²) in [6, 6.07) is 13.5. The van der Waals surface area contributed by atoms with Gasteiger partial charge in [-0.2, -0.15) is 30.7 Å². The van der Waals surface area contributed by atoms with Gasteiger partial charge in [-0.25, -0.2) is 9.37 Å². The molecule has 0 saturated carbocycles. The molecule has 1 unspecified atom stereocenters. The number of aryl methyl sites for hydroxylation is 1. The van der Waals surface area contributed by atoms with Crippen molar-refractivity contribution in [2.45, 2.75) is 37.6 Å². The van der Waals surface area contributed by atoms with Crippen LogP contribution < -0.4 is 10.1 Å². The summed E-state index contributed by atoms with van der Waals surface area (Å²) in [5, 5.41) is 2.86. The lowest BCUT2D eigenvalue weighted by Gasteiger charge is -2.35. The first-order valence-electron chi connectivity index (χ1n) is 11.3. The lowest BCUT2D eigenvalue weighted by molar-refractivity contribution is -0.253. The predicted octanol–water partition coefficient (Wildman–Crippen LogP) is 8.49. The molecule has 2 heterocycles. The molecule has 0 aliphatic carbocycles. The lowest BCUT2D eigenvalue weighted by atomic mass is 9.80. The lowest BCUT2D eigenvalue weighted by Crippen LogP contribution is -2.40. The van der Waals surface area contributed by atoms with Gasteiger partial charge >= 0.3 is 18.7 Å². The van der Waals surface area contributed by atoms with E-state index in [2.05, 4.69) is 20.0 Å². The number of nitrogens with one attached hydrogen (secondary N) is 1. The van der Waals surface area contributed by atoms with Crippen LogP contribution >= 0.6 is 22.9 Å². The molecule has 0 spiro atoms. The number of benzene rings is 2. The molecule has 1 atom stereocenters. The Balaban J connectivity index is 1.97. The Bertz CT molecular complexity index is 1470. The molecule has 40 heavy (non-hydrogen) atoms. The number of anilines is 1. The summed E-state index contributed by atoms with van der Waals surface area (Å²) in [5.74, 6) is -2.09. The van der Waals surface area contributed by atoms with Gasteiger partial charge in [0.15, 0.2) is 10.8 Å². The van der Waals surface area contributed by atoms with E-state index in [9.17, 15) is 35.1 Å². The first-order valence-corrected chi connectivity index (χ1v) is 12.5. The molecule has 0 bridgehead atoms. The topological polar surface area (TPSA) is 47.0 Å². The maximum atomic E-state index is 14.9. The maximum Gasteiger partial charge on any atom is 0.461 e. The van der Waals surface area contributed by atoms with E-state index in [0.29, 0.717) is 23.0 Å². The minimum atomic E-state index is -4.95. The van der Waals surface area contributed by atoms with Crippen LogP contribution in [0.25, 0.3) is 0 Å². The summed E-state index contributed by atoms with van der Waals surface area (Å²) in [6.45, 7) is 1.21. The Morgan fingerprint density at radius 3 is 2.27 bits per heavy atom. The molecular formula is C26H18ClF8N3OS. The highest BCUT2D eigenvalue weighted by Gasteiger charge is 2.45. The third-order valence-electron chi connectivity index (χ3n) is 5.73. The van der Waals surface area contributed by atoms with Crippen molar-refractivity contribution in [3.8, 4) is 5.75 Å². The van der Waals surface area contributed by atoms with E-state index in [0.717, 1.165) is 12.1 Å². The van der Waals surface area contributed by atoms with Gasteiger partial charge < -0.3 is 10.1 Å². The molecule has 0 radical (unpaired) electrons. The van der Waals surface area contributed by atoms with E-state index in [-0.39, 0.29) is 32.7 Å². The van der Waals surface area contributed by atoms with Crippen LogP contribution in [0.2, 0.25) is 5.02 Å². The fourth-order valence-corrected chi connectivity index (χ4v) is 5.04. The first-order chi connectivity index (χ1) is 18.7. The molecule has 4 nitrogen and oxygen atoms in total. The Morgan fingerprint density at radius 1 is 1.00 bits per heavy atom. The average Bonchev–Trinajstić information content (AvgIpc) is 3.24. The number of aromatic nitrogens is 2. The highest BCUT2D eigenvalue weighted by molar-refractivity contribution is 7.15. The third kappa shape index (κ3) is 6.47. The van der Waals surface area contributed by atoms with Gasteiger partial charge in [-0.3, -0.25) is 4.98 Å². The van der Waals surface area contributed by atoms with Gasteiger partial charge in [-0.05, 0) is 42.3 Å². The van der Waals surface area contributed by atoms with Gasteiger partial charge in [0.25, 0.3) is 0 Å². The minimum Gasteiger partial charge on any atom is -0.428 e. The van der Waals surface area contributed by atoms with Gasteiger partial charge in [0, 0.05) is 23.6 Å². The molecule has 14 heteroatoms. The number of alkyl halides is 7. The summed E-state index contributed by atoms with van der Waals surface area (Å²) in [4.78, 5) is 7.80. The fraction of sp³-hybridized carbons (Fsp3) is 0.231. The Labute approximate surface area is 231 Å². The number of hydrogen-bond donors (Lipinski definition) is 1. The number of halogens is 9. The monoisotopic (exact) mass is 607 g/mol. The Morgan fingerprint density at radius 2 is 1.70 bits per heavy atom. The van der Waals surface area contributed by atoms with Crippen molar-refractivity contribution < 1.29 is 39.9 Å². The molecule has 2 aromatic heterocycles. The Kier molecular flexibility index (Phi) is 8.27. The molecule has 0 fully saturated rings.